The first-order valence-corrected chi connectivity index (χ1v) is 11.5. The van der Waals surface area contributed by atoms with Crippen LogP contribution in [0, 0.1) is 0 Å². The fraction of sp³-hybridized carbons (Fsp3) is 0.304. The van der Waals surface area contributed by atoms with Gasteiger partial charge in [-0.3, -0.25) is 4.79 Å². The van der Waals surface area contributed by atoms with Gasteiger partial charge in [-0.25, -0.2) is 15.0 Å². The molecule has 0 aliphatic heterocycles. The predicted octanol–water partition coefficient (Wildman–Crippen LogP) is 4.74. The van der Waals surface area contributed by atoms with E-state index < -0.39 is 11.7 Å². The van der Waals surface area contributed by atoms with Crippen molar-refractivity contribution in [1.82, 2.24) is 29.7 Å². The zero-order valence-corrected chi connectivity index (χ0v) is 20.3. The number of aromatic nitrogens is 4. The molecule has 0 fully saturated rings. The summed E-state index contributed by atoms with van der Waals surface area (Å²) >= 11 is 1.25. The lowest BCUT2D eigenvalue weighted by Crippen LogP contribution is -2.26. The fourth-order valence-corrected chi connectivity index (χ4v) is 4.39. The Balaban J connectivity index is 1.48. The highest BCUT2D eigenvalue weighted by Gasteiger charge is 2.31. The SMILES string of the molecule is CC(NC(=O)c1cc2c(cn1)ncn2C)c1cnc(Nc2cc(CN(C)C)cc(C(F)(F)F)c2)s1. The summed E-state index contributed by atoms with van der Waals surface area (Å²) in [6.45, 7) is 2.17. The normalized spacial score (nSPS) is 12.8. The summed E-state index contributed by atoms with van der Waals surface area (Å²) in [5.74, 6) is -0.352. The Morgan fingerprint density at radius 1 is 1.14 bits per heavy atom. The number of aryl methyl sites for hydroxylation is 1. The maximum Gasteiger partial charge on any atom is 0.416 e. The van der Waals surface area contributed by atoms with Crippen LogP contribution in [-0.4, -0.2) is 44.4 Å². The van der Waals surface area contributed by atoms with Crippen molar-refractivity contribution in [1.29, 1.82) is 0 Å². The average Bonchev–Trinajstić information content (AvgIpc) is 3.39. The average molecular weight is 504 g/mol. The molecule has 184 valence electrons. The molecule has 35 heavy (non-hydrogen) atoms. The number of imidazole rings is 1. The number of amides is 1. The van der Waals surface area contributed by atoms with E-state index in [0.29, 0.717) is 28.4 Å². The molecule has 8 nitrogen and oxygen atoms in total. The van der Waals surface area contributed by atoms with Crippen LogP contribution in [0.3, 0.4) is 0 Å². The van der Waals surface area contributed by atoms with Crippen LogP contribution in [0.1, 0.15) is 39.5 Å². The summed E-state index contributed by atoms with van der Waals surface area (Å²) in [6.07, 6.45) is 0.321. The highest BCUT2D eigenvalue weighted by atomic mass is 32.1. The Bertz CT molecular complexity index is 1360. The molecule has 0 spiro atoms. The number of pyridine rings is 1. The number of hydrogen-bond donors (Lipinski definition) is 2. The first-order chi connectivity index (χ1) is 16.5. The molecule has 3 aromatic heterocycles. The molecule has 3 heterocycles. The van der Waals surface area contributed by atoms with Crippen molar-refractivity contribution in [3.8, 4) is 0 Å². The largest absolute Gasteiger partial charge is 0.416 e. The molecule has 1 aromatic carbocycles. The maximum absolute atomic E-state index is 13.4. The van der Waals surface area contributed by atoms with Gasteiger partial charge in [-0.2, -0.15) is 13.2 Å². The quantitative estimate of drug-likeness (QED) is 0.379. The van der Waals surface area contributed by atoms with Gasteiger partial charge in [0.1, 0.15) is 11.2 Å². The molecular weight excluding hydrogens is 479 g/mol. The van der Waals surface area contributed by atoms with Crippen LogP contribution in [0.4, 0.5) is 24.0 Å². The summed E-state index contributed by atoms with van der Waals surface area (Å²) < 4.78 is 41.9. The molecule has 0 aliphatic carbocycles. The molecule has 0 aliphatic rings. The van der Waals surface area contributed by atoms with Crippen molar-refractivity contribution in [2.75, 3.05) is 19.4 Å². The number of carbonyl (C=O) groups is 1. The number of anilines is 2. The molecular formula is C23H24F3N7OS. The van der Waals surface area contributed by atoms with E-state index in [1.54, 1.807) is 61.3 Å². The van der Waals surface area contributed by atoms with Gasteiger partial charge in [-0.1, -0.05) is 11.3 Å². The highest BCUT2D eigenvalue weighted by molar-refractivity contribution is 7.15. The first-order valence-electron chi connectivity index (χ1n) is 10.7. The van der Waals surface area contributed by atoms with E-state index in [0.717, 1.165) is 22.5 Å². The van der Waals surface area contributed by atoms with E-state index in [2.05, 4.69) is 25.6 Å². The van der Waals surface area contributed by atoms with Crippen molar-refractivity contribution in [3.63, 3.8) is 0 Å². The number of hydrogen-bond acceptors (Lipinski definition) is 7. The lowest BCUT2D eigenvalue weighted by molar-refractivity contribution is -0.137. The minimum atomic E-state index is -4.46. The second kappa shape index (κ2) is 9.62. The third-order valence-electron chi connectivity index (χ3n) is 5.21. The Hall–Kier alpha value is -3.51. The van der Waals surface area contributed by atoms with Gasteiger partial charge in [-0.05, 0) is 50.8 Å². The number of benzene rings is 1. The van der Waals surface area contributed by atoms with E-state index in [1.807, 2.05) is 7.05 Å². The van der Waals surface area contributed by atoms with E-state index in [1.165, 1.54) is 11.3 Å². The molecule has 1 amide bonds. The van der Waals surface area contributed by atoms with E-state index in [9.17, 15) is 18.0 Å². The van der Waals surface area contributed by atoms with Gasteiger partial charge in [0.25, 0.3) is 5.91 Å². The summed E-state index contributed by atoms with van der Waals surface area (Å²) in [5.41, 5.74) is 1.84. The predicted molar refractivity (Wildman–Crippen MR) is 129 cm³/mol. The van der Waals surface area contributed by atoms with Gasteiger partial charge in [0, 0.05) is 30.4 Å². The Kier molecular flexibility index (Phi) is 6.77. The van der Waals surface area contributed by atoms with E-state index in [-0.39, 0.29) is 17.6 Å². The monoisotopic (exact) mass is 503 g/mol. The smallest absolute Gasteiger partial charge is 0.343 e. The Labute approximate surface area is 203 Å². The summed E-state index contributed by atoms with van der Waals surface area (Å²) in [4.78, 5) is 27.9. The number of carbonyl (C=O) groups excluding carboxylic acids is 1. The van der Waals surface area contributed by atoms with Crippen LogP contribution in [0.15, 0.2) is 43.0 Å². The number of rotatable bonds is 7. The minimum absolute atomic E-state index is 0.258. The van der Waals surface area contributed by atoms with E-state index in [4.69, 9.17) is 0 Å². The summed E-state index contributed by atoms with van der Waals surface area (Å²) in [5, 5.41) is 6.27. The molecule has 4 rings (SSSR count). The molecule has 0 saturated heterocycles. The zero-order chi connectivity index (χ0) is 25.3. The lowest BCUT2D eigenvalue weighted by Gasteiger charge is -2.15. The van der Waals surface area contributed by atoms with E-state index >= 15 is 0 Å². The number of fused-ring (bicyclic) bond motifs is 1. The van der Waals surface area contributed by atoms with Crippen LogP contribution < -0.4 is 10.6 Å². The van der Waals surface area contributed by atoms with Crippen LogP contribution in [0.2, 0.25) is 0 Å². The van der Waals surface area contributed by atoms with Crippen LogP contribution in [0.25, 0.3) is 11.0 Å². The topological polar surface area (TPSA) is 88.0 Å². The van der Waals surface area contributed by atoms with Crippen molar-refractivity contribution in [2.45, 2.75) is 25.7 Å². The molecule has 0 bridgehead atoms. The van der Waals surface area contributed by atoms with Crippen LogP contribution in [-0.2, 0) is 19.8 Å². The Morgan fingerprint density at radius 3 is 2.63 bits per heavy atom. The number of nitrogens with one attached hydrogen (secondary N) is 2. The number of nitrogens with zero attached hydrogens (tertiary/aromatic N) is 5. The molecule has 12 heteroatoms. The van der Waals surface area contributed by atoms with Gasteiger partial charge in [-0.15, -0.1) is 0 Å². The Morgan fingerprint density at radius 2 is 1.91 bits per heavy atom. The lowest BCUT2D eigenvalue weighted by atomic mass is 10.1. The second-order valence-corrected chi connectivity index (χ2v) is 9.52. The van der Waals surface area contributed by atoms with Crippen molar-refractivity contribution in [3.05, 3.63) is 64.7 Å². The molecule has 1 atom stereocenters. The minimum Gasteiger partial charge on any atom is -0.343 e. The van der Waals surface area contributed by atoms with Crippen molar-refractivity contribution >= 4 is 39.1 Å². The van der Waals surface area contributed by atoms with Gasteiger partial charge in [0.2, 0.25) is 0 Å². The third kappa shape index (κ3) is 5.77. The van der Waals surface area contributed by atoms with Crippen molar-refractivity contribution < 1.29 is 18.0 Å². The summed E-state index contributed by atoms with van der Waals surface area (Å²) in [6, 6.07) is 5.16. The molecule has 2 N–H and O–H groups in total. The fourth-order valence-electron chi connectivity index (χ4n) is 3.55. The molecule has 0 radical (unpaired) electrons. The second-order valence-electron chi connectivity index (χ2n) is 8.46. The standard InChI is InChI=1S/C23H24F3N7OS/c1-13(30-21(34)17-8-19-18(9-27-17)29-12-33(19)4)20-10-28-22(35-20)31-16-6-14(11-32(2)3)5-15(7-16)23(24,25)26/h5-10,12-13H,11H2,1-4H3,(H,28,31)(H,30,34). The highest BCUT2D eigenvalue weighted by Crippen LogP contribution is 2.34. The number of halogens is 3. The van der Waals surface area contributed by atoms with Crippen molar-refractivity contribution in [2.24, 2.45) is 7.05 Å². The molecule has 4 aromatic rings. The van der Waals surface area contributed by atoms with Crippen LogP contribution >= 0.6 is 11.3 Å². The summed E-state index contributed by atoms with van der Waals surface area (Å²) in [7, 11) is 5.42. The number of alkyl halides is 3. The van der Waals surface area contributed by atoms with Gasteiger partial charge in [0.15, 0.2) is 5.13 Å². The van der Waals surface area contributed by atoms with Gasteiger partial charge >= 0.3 is 6.18 Å². The number of thiazole rings is 1. The maximum atomic E-state index is 13.4. The first kappa shape index (κ1) is 24.6. The van der Waals surface area contributed by atoms with Crippen LogP contribution in [0.5, 0.6) is 0 Å². The van der Waals surface area contributed by atoms with Gasteiger partial charge in [0.05, 0.1) is 29.6 Å². The zero-order valence-electron chi connectivity index (χ0n) is 19.5. The molecule has 0 saturated carbocycles. The third-order valence-corrected chi connectivity index (χ3v) is 6.31. The van der Waals surface area contributed by atoms with Gasteiger partial charge < -0.3 is 20.1 Å². The molecule has 1 unspecified atom stereocenters.